The highest BCUT2D eigenvalue weighted by atomic mass is 16.4. The van der Waals surface area contributed by atoms with Gasteiger partial charge in [0.15, 0.2) is 6.39 Å². The smallest absolute Gasteiger partial charge is 0.237 e. The third-order valence-corrected chi connectivity index (χ3v) is 3.57. The SMILES string of the molecule is O/N=c1\nc(-c2ccccc2)c2ccccc2c2ncoc12. The first-order valence-corrected chi connectivity index (χ1v) is 6.78. The Balaban J connectivity index is 2.30. The monoisotopic (exact) mass is 289 g/mol. The number of aromatic nitrogens is 2. The Kier molecular flexibility index (Phi) is 2.83. The first-order chi connectivity index (χ1) is 10.9. The molecule has 0 fully saturated rings. The van der Waals surface area contributed by atoms with E-state index in [4.69, 9.17) is 4.42 Å². The van der Waals surface area contributed by atoms with Crippen molar-refractivity contribution in [1.29, 1.82) is 0 Å². The molecule has 2 aromatic carbocycles. The van der Waals surface area contributed by atoms with E-state index in [2.05, 4.69) is 15.1 Å². The summed E-state index contributed by atoms with van der Waals surface area (Å²) in [6.45, 7) is 0. The maximum Gasteiger partial charge on any atom is 0.237 e. The lowest BCUT2D eigenvalue weighted by Gasteiger charge is -2.01. The first kappa shape index (κ1) is 12.5. The molecule has 5 heteroatoms. The van der Waals surface area contributed by atoms with Crippen LogP contribution in [0.25, 0.3) is 33.1 Å². The molecule has 0 saturated heterocycles. The standard InChI is InChI=1S/C17H11N3O2/c21-20-17-16-15(18-10-22-16)13-9-5-4-8-12(13)14(19-17)11-6-2-1-3-7-11/h1-10,21H/b20-17-. The van der Waals surface area contributed by atoms with Gasteiger partial charge in [-0.05, 0) is 0 Å². The molecule has 0 saturated carbocycles. The number of nitrogens with zero attached hydrogens (tertiary/aromatic N) is 3. The summed E-state index contributed by atoms with van der Waals surface area (Å²) in [5.41, 5.74) is 2.75. The van der Waals surface area contributed by atoms with E-state index in [-0.39, 0.29) is 5.49 Å². The summed E-state index contributed by atoms with van der Waals surface area (Å²) < 4.78 is 5.37. The van der Waals surface area contributed by atoms with Crippen LogP contribution in [0.1, 0.15) is 0 Å². The molecule has 0 aliphatic carbocycles. The van der Waals surface area contributed by atoms with Crippen molar-refractivity contribution in [3.8, 4) is 11.3 Å². The van der Waals surface area contributed by atoms with E-state index >= 15 is 0 Å². The number of fused-ring (bicyclic) bond motifs is 3. The van der Waals surface area contributed by atoms with E-state index < -0.39 is 0 Å². The lowest BCUT2D eigenvalue weighted by Crippen LogP contribution is -2.05. The second-order valence-electron chi connectivity index (χ2n) is 4.83. The zero-order valence-corrected chi connectivity index (χ0v) is 11.5. The van der Waals surface area contributed by atoms with E-state index in [1.807, 2.05) is 54.6 Å². The highest BCUT2D eigenvalue weighted by molar-refractivity contribution is 6.06. The molecule has 0 unspecified atom stereocenters. The largest absolute Gasteiger partial charge is 0.439 e. The van der Waals surface area contributed by atoms with Crippen molar-refractivity contribution < 1.29 is 9.62 Å². The van der Waals surface area contributed by atoms with Crippen LogP contribution < -0.4 is 5.49 Å². The fourth-order valence-electron chi connectivity index (χ4n) is 2.59. The molecule has 0 amide bonds. The molecule has 0 aliphatic heterocycles. The third-order valence-electron chi connectivity index (χ3n) is 3.57. The molecular formula is C17H11N3O2. The highest BCUT2D eigenvalue weighted by Gasteiger charge is 2.12. The van der Waals surface area contributed by atoms with Gasteiger partial charge in [-0.25, -0.2) is 9.97 Å². The molecule has 5 nitrogen and oxygen atoms in total. The Hall–Kier alpha value is -3.21. The predicted octanol–water partition coefficient (Wildman–Crippen LogP) is 3.33. The van der Waals surface area contributed by atoms with Crippen molar-refractivity contribution >= 4 is 21.9 Å². The van der Waals surface area contributed by atoms with Gasteiger partial charge in [-0.15, -0.1) is 0 Å². The van der Waals surface area contributed by atoms with Gasteiger partial charge in [0.1, 0.15) is 5.52 Å². The van der Waals surface area contributed by atoms with Crippen molar-refractivity contribution in [2.24, 2.45) is 5.16 Å². The van der Waals surface area contributed by atoms with Crippen LogP contribution in [-0.4, -0.2) is 15.2 Å². The predicted molar refractivity (Wildman–Crippen MR) is 82.1 cm³/mol. The van der Waals surface area contributed by atoms with Crippen LogP contribution in [0.2, 0.25) is 0 Å². The molecule has 0 atom stereocenters. The van der Waals surface area contributed by atoms with Crippen molar-refractivity contribution in [3.05, 3.63) is 66.5 Å². The lowest BCUT2D eigenvalue weighted by atomic mass is 10.1. The summed E-state index contributed by atoms with van der Waals surface area (Å²) in [5.74, 6) is 0. The van der Waals surface area contributed by atoms with Crippen LogP contribution >= 0.6 is 0 Å². The average molecular weight is 289 g/mol. The van der Waals surface area contributed by atoms with Crippen LogP contribution in [0.3, 0.4) is 0 Å². The Morgan fingerprint density at radius 3 is 2.41 bits per heavy atom. The van der Waals surface area contributed by atoms with Crippen molar-refractivity contribution in [2.75, 3.05) is 0 Å². The quantitative estimate of drug-likeness (QED) is 0.431. The maximum atomic E-state index is 9.32. The number of hydrogen-bond donors (Lipinski definition) is 1. The first-order valence-electron chi connectivity index (χ1n) is 6.78. The Labute approximate surface area is 125 Å². The van der Waals surface area contributed by atoms with Gasteiger partial charge in [-0.2, -0.15) is 0 Å². The minimum Gasteiger partial charge on any atom is -0.439 e. The second kappa shape index (κ2) is 4.96. The van der Waals surface area contributed by atoms with Crippen LogP contribution in [-0.2, 0) is 0 Å². The average Bonchev–Trinajstić information content (AvgIpc) is 3.02. The summed E-state index contributed by atoms with van der Waals surface area (Å²) >= 11 is 0. The van der Waals surface area contributed by atoms with Gasteiger partial charge >= 0.3 is 0 Å². The summed E-state index contributed by atoms with van der Waals surface area (Å²) in [5, 5.41) is 14.4. The fourth-order valence-corrected chi connectivity index (χ4v) is 2.59. The molecule has 4 aromatic rings. The van der Waals surface area contributed by atoms with Crippen molar-refractivity contribution in [3.63, 3.8) is 0 Å². The van der Waals surface area contributed by atoms with Crippen molar-refractivity contribution in [2.45, 2.75) is 0 Å². The summed E-state index contributed by atoms with van der Waals surface area (Å²) in [7, 11) is 0. The van der Waals surface area contributed by atoms with Crippen molar-refractivity contribution in [1.82, 2.24) is 9.97 Å². The van der Waals surface area contributed by atoms with E-state index in [9.17, 15) is 5.21 Å². The minimum absolute atomic E-state index is 0.113. The highest BCUT2D eigenvalue weighted by Crippen LogP contribution is 2.28. The zero-order valence-electron chi connectivity index (χ0n) is 11.5. The molecule has 1 N–H and O–H groups in total. The van der Waals surface area contributed by atoms with Gasteiger partial charge in [0.05, 0.1) is 5.69 Å². The van der Waals surface area contributed by atoms with Crippen LogP contribution in [0.15, 0.2) is 70.6 Å². The Bertz CT molecular complexity index is 1040. The minimum atomic E-state index is 0.113. The number of oxazole rings is 1. The van der Waals surface area contributed by atoms with E-state index in [1.54, 1.807) is 0 Å². The molecule has 4 rings (SSSR count). The molecule has 0 bridgehead atoms. The molecule has 106 valence electrons. The lowest BCUT2D eigenvalue weighted by molar-refractivity contribution is 0.298. The fraction of sp³-hybridized carbons (Fsp3) is 0. The van der Waals surface area contributed by atoms with Gasteiger partial charge in [0.2, 0.25) is 11.1 Å². The van der Waals surface area contributed by atoms with E-state index in [0.29, 0.717) is 11.1 Å². The summed E-state index contributed by atoms with van der Waals surface area (Å²) in [6.07, 6.45) is 1.33. The molecule has 0 spiro atoms. The Morgan fingerprint density at radius 2 is 1.64 bits per heavy atom. The normalized spacial score (nSPS) is 12.1. The molecule has 2 heterocycles. The number of benzene rings is 2. The number of hydrogen-bond acceptors (Lipinski definition) is 5. The van der Waals surface area contributed by atoms with Gasteiger partial charge < -0.3 is 9.62 Å². The van der Waals surface area contributed by atoms with Crippen LogP contribution in [0.5, 0.6) is 0 Å². The second-order valence-corrected chi connectivity index (χ2v) is 4.83. The van der Waals surface area contributed by atoms with Crippen LogP contribution in [0.4, 0.5) is 0 Å². The molecule has 0 aliphatic rings. The van der Waals surface area contributed by atoms with E-state index in [0.717, 1.165) is 22.0 Å². The topological polar surface area (TPSA) is 71.5 Å². The summed E-state index contributed by atoms with van der Waals surface area (Å²) in [6, 6.07) is 17.6. The van der Waals surface area contributed by atoms with Gasteiger partial charge in [-0.1, -0.05) is 59.8 Å². The van der Waals surface area contributed by atoms with Gasteiger partial charge in [-0.3, -0.25) is 0 Å². The van der Waals surface area contributed by atoms with Gasteiger partial charge in [0, 0.05) is 16.3 Å². The zero-order chi connectivity index (χ0) is 14.9. The number of rotatable bonds is 1. The molecule has 22 heavy (non-hydrogen) atoms. The molecule has 0 radical (unpaired) electrons. The third kappa shape index (κ3) is 1.83. The molecule has 2 aromatic heterocycles. The van der Waals surface area contributed by atoms with Gasteiger partial charge in [0.25, 0.3) is 0 Å². The maximum absolute atomic E-state index is 9.32. The van der Waals surface area contributed by atoms with Crippen LogP contribution in [0, 0.1) is 0 Å². The van der Waals surface area contributed by atoms with E-state index in [1.165, 1.54) is 6.39 Å². The Morgan fingerprint density at radius 1 is 0.909 bits per heavy atom. The summed E-state index contributed by atoms with van der Waals surface area (Å²) in [4.78, 5) is 8.75. The molecular weight excluding hydrogens is 278 g/mol.